The van der Waals surface area contributed by atoms with Gasteiger partial charge in [0.05, 0.1) is 19.8 Å². The molecule has 0 saturated carbocycles. The van der Waals surface area contributed by atoms with Crippen molar-refractivity contribution < 1.29 is 9.53 Å². The predicted octanol–water partition coefficient (Wildman–Crippen LogP) is 1.29. The fourth-order valence-corrected chi connectivity index (χ4v) is 2.07. The molecule has 1 aromatic rings. The number of hydrogen-bond acceptors (Lipinski definition) is 3. The van der Waals surface area contributed by atoms with Gasteiger partial charge in [0.15, 0.2) is 0 Å². The van der Waals surface area contributed by atoms with E-state index < -0.39 is 0 Å². The molecule has 1 aliphatic rings. The highest BCUT2D eigenvalue weighted by Gasteiger charge is 2.15. The van der Waals surface area contributed by atoms with Crippen LogP contribution in [-0.4, -0.2) is 43.7 Å². The number of hydrogen-bond donors (Lipinski definition) is 1. The number of nitrogens with one attached hydrogen (secondary N) is 1. The minimum Gasteiger partial charge on any atom is -0.378 e. The molecule has 1 heterocycles. The second-order valence-electron chi connectivity index (χ2n) is 4.19. The summed E-state index contributed by atoms with van der Waals surface area (Å²) in [5.74, 6) is 0.116. The second-order valence-corrected chi connectivity index (χ2v) is 4.60. The van der Waals surface area contributed by atoms with Crippen molar-refractivity contribution in [3.63, 3.8) is 0 Å². The Morgan fingerprint density at radius 3 is 2.78 bits per heavy atom. The first-order valence-electron chi connectivity index (χ1n) is 6.07. The number of benzene rings is 1. The van der Waals surface area contributed by atoms with Crippen LogP contribution in [0.2, 0.25) is 5.02 Å². The third-order valence-electron chi connectivity index (χ3n) is 2.91. The Balaban J connectivity index is 1.75. The SMILES string of the molecule is O=C(CNCc1ccccc1Cl)N1CCOCC1. The van der Waals surface area contributed by atoms with Crippen molar-refractivity contribution in [3.8, 4) is 0 Å². The van der Waals surface area contributed by atoms with Gasteiger partial charge < -0.3 is 15.0 Å². The van der Waals surface area contributed by atoms with Crippen molar-refractivity contribution in [3.05, 3.63) is 34.9 Å². The highest BCUT2D eigenvalue weighted by molar-refractivity contribution is 6.31. The lowest BCUT2D eigenvalue weighted by atomic mass is 10.2. The standard InChI is InChI=1S/C13H17ClN2O2/c14-12-4-2-1-3-11(12)9-15-10-13(17)16-5-7-18-8-6-16/h1-4,15H,5-10H2. The highest BCUT2D eigenvalue weighted by Crippen LogP contribution is 2.14. The molecule has 0 spiro atoms. The molecule has 0 bridgehead atoms. The van der Waals surface area contributed by atoms with E-state index in [0.29, 0.717) is 39.4 Å². The molecule has 1 aliphatic heterocycles. The third kappa shape index (κ3) is 3.70. The summed E-state index contributed by atoms with van der Waals surface area (Å²) >= 11 is 6.04. The Bertz CT molecular complexity index is 406. The van der Waals surface area contributed by atoms with Gasteiger partial charge in [-0.25, -0.2) is 0 Å². The second kappa shape index (κ2) is 6.73. The first-order valence-corrected chi connectivity index (χ1v) is 6.45. The number of ether oxygens (including phenoxy) is 1. The zero-order valence-corrected chi connectivity index (χ0v) is 10.9. The van der Waals surface area contributed by atoms with E-state index in [1.165, 1.54) is 0 Å². The molecule has 0 aromatic heterocycles. The third-order valence-corrected chi connectivity index (χ3v) is 3.28. The van der Waals surface area contributed by atoms with E-state index in [-0.39, 0.29) is 5.91 Å². The van der Waals surface area contributed by atoms with Crippen molar-refractivity contribution >= 4 is 17.5 Å². The topological polar surface area (TPSA) is 41.6 Å². The van der Waals surface area contributed by atoms with E-state index in [0.717, 1.165) is 10.6 Å². The predicted molar refractivity (Wildman–Crippen MR) is 70.6 cm³/mol. The monoisotopic (exact) mass is 268 g/mol. The van der Waals surface area contributed by atoms with Crippen LogP contribution in [-0.2, 0) is 16.1 Å². The summed E-state index contributed by atoms with van der Waals surface area (Å²) in [7, 11) is 0. The minimum atomic E-state index is 0.116. The summed E-state index contributed by atoms with van der Waals surface area (Å²) in [6, 6.07) is 7.63. The summed E-state index contributed by atoms with van der Waals surface area (Å²) in [5, 5.41) is 3.85. The molecule has 0 radical (unpaired) electrons. The average molecular weight is 269 g/mol. The molecule has 1 amide bonds. The molecule has 18 heavy (non-hydrogen) atoms. The zero-order valence-electron chi connectivity index (χ0n) is 10.2. The highest BCUT2D eigenvalue weighted by atomic mass is 35.5. The van der Waals surface area contributed by atoms with Gasteiger partial charge in [0, 0.05) is 24.7 Å². The van der Waals surface area contributed by atoms with E-state index in [9.17, 15) is 4.79 Å². The molecule has 1 fully saturated rings. The van der Waals surface area contributed by atoms with Crippen LogP contribution in [0.15, 0.2) is 24.3 Å². The molecule has 0 aliphatic carbocycles. The molecule has 0 unspecified atom stereocenters. The summed E-state index contributed by atoms with van der Waals surface area (Å²) in [4.78, 5) is 13.7. The van der Waals surface area contributed by atoms with E-state index in [4.69, 9.17) is 16.3 Å². The van der Waals surface area contributed by atoms with Gasteiger partial charge in [0.1, 0.15) is 0 Å². The van der Waals surface area contributed by atoms with E-state index in [1.807, 2.05) is 29.2 Å². The number of halogens is 1. The molecular formula is C13H17ClN2O2. The Morgan fingerprint density at radius 1 is 1.33 bits per heavy atom. The molecule has 1 N–H and O–H groups in total. The van der Waals surface area contributed by atoms with Crippen LogP contribution in [0.5, 0.6) is 0 Å². The van der Waals surface area contributed by atoms with Crippen molar-refractivity contribution in [1.82, 2.24) is 10.2 Å². The van der Waals surface area contributed by atoms with Crippen LogP contribution in [0.25, 0.3) is 0 Å². The maximum absolute atomic E-state index is 11.8. The van der Waals surface area contributed by atoms with Crippen molar-refractivity contribution in [1.29, 1.82) is 0 Å². The van der Waals surface area contributed by atoms with Crippen molar-refractivity contribution in [2.75, 3.05) is 32.8 Å². The summed E-state index contributed by atoms with van der Waals surface area (Å²) in [5.41, 5.74) is 1.01. The smallest absolute Gasteiger partial charge is 0.236 e. The van der Waals surface area contributed by atoms with E-state index in [1.54, 1.807) is 0 Å². The lowest BCUT2D eigenvalue weighted by Crippen LogP contribution is -2.44. The molecule has 2 rings (SSSR count). The largest absolute Gasteiger partial charge is 0.378 e. The number of nitrogens with zero attached hydrogens (tertiary/aromatic N) is 1. The van der Waals surface area contributed by atoms with E-state index >= 15 is 0 Å². The van der Waals surface area contributed by atoms with Crippen LogP contribution >= 0.6 is 11.6 Å². The van der Waals surface area contributed by atoms with Crippen molar-refractivity contribution in [2.24, 2.45) is 0 Å². The number of rotatable bonds is 4. The first kappa shape index (κ1) is 13.3. The normalized spacial score (nSPS) is 15.7. The van der Waals surface area contributed by atoms with Gasteiger partial charge in [0.2, 0.25) is 5.91 Å². The zero-order chi connectivity index (χ0) is 12.8. The van der Waals surface area contributed by atoms with Gasteiger partial charge in [-0.1, -0.05) is 29.8 Å². The van der Waals surface area contributed by atoms with Crippen LogP contribution in [0, 0.1) is 0 Å². The Labute approximate surface area is 112 Å². The van der Waals surface area contributed by atoms with Crippen LogP contribution in [0.3, 0.4) is 0 Å². The fourth-order valence-electron chi connectivity index (χ4n) is 1.87. The van der Waals surface area contributed by atoms with Gasteiger partial charge in [-0.3, -0.25) is 4.79 Å². The van der Waals surface area contributed by atoms with Gasteiger partial charge in [-0.15, -0.1) is 0 Å². The molecule has 98 valence electrons. The lowest BCUT2D eigenvalue weighted by molar-refractivity contribution is -0.134. The number of amides is 1. The van der Waals surface area contributed by atoms with E-state index in [2.05, 4.69) is 5.32 Å². The summed E-state index contributed by atoms with van der Waals surface area (Å²) in [6.45, 7) is 3.59. The molecule has 5 heteroatoms. The first-order chi connectivity index (χ1) is 8.77. The van der Waals surface area contributed by atoms with Gasteiger partial charge in [-0.05, 0) is 11.6 Å². The van der Waals surface area contributed by atoms with Crippen LogP contribution < -0.4 is 5.32 Å². The van der Waals surface area contributed by atoms with Crippen LogP contribution in [0.1, 0.15) is 5.56 Å². The molecule has 0 atom stereocenters. The Morgan fingerprint density at radius 2 is 2.06 bits per heavy atom. The molecular weight excluding hydrogens is 252 g/mol. The number of carbonyl (C=O) groups is 1. The minimum absolute atomic E-state index is 0.116. The lowest BCUT2D eigenvalue weighted by Gasteiger charge is -2.26. The molecule has 4 nitrogen and oxygen atoms in total. The Kier molecular flexibility index (Phi) is 4.99. The quantitative estimate of drug-likeness (QED) is 0.895. The summed E-state index contributed by atoms with van der Waals surface area (Å²) < 4.78 is 5.21. The average Bonchev–Trinajstić information content (AvgIpc) is 2.42. The van der Waals surface area contributed by atoms with Gasteiger partial charge in [-0.2, -0.15) is 0 Å². The Hall–Kier alpha value is -1.10. The number of carbonyl (C=O) groups excluding carboxylic acids is 1. The van der Waals surface area contributed by atoms with Gasteiger partial charge >= 0.3 is 0 Å². The number of morpholine rings is 1. The summed E-state index contributed by atoms with van der Waals surface area (Å²) in [6.07, 6.45) is 0. The molecule has 1 aromatic carbocycles. The van der Waals surface area contributed by atoms with Crippen LogP contribution in [0.4, 0.5) is 0 Å². The van der Waals surface area contributed by atoms with Crippen molar-refractivity contribution in [2.45, 2.75) is 6.54 Å². The fraction of sp³-hybridized carbons (Fsp3) is 0.462. The van der Waals surface area contributed by atoms with Gasteiger partial charge in [0.25, 0.3) is 0 Å². The maximum atomic E-state index is 11.8. The maximum Gasteiger partial charge on any atom is 0.236 e. The molecule has 1 saturated heterocycles.